The second-order valence-corrected chi connectivity index (χ2v) is 4.42. The summed E-state index contributed by atoms with van der Waals surface area (Å²) in [4.78, 5) is 21.6. The van der Waals surface area contributed by atoms with Crippen LogP contribution in [-0.2, 0) is 14.3 Å². The number of Topliss-reactive ketones (excluding diaryl/α,β-unsaturated/α-hetero) is 2. The van der Waals surface area contributed by atoms with Crippen molar-refractivity contribution >= 4 is 23.3 Å². The zero-order chi connectivity index (χ0) is 9.84. The van der Waals surface area contributed by atoms with Gasteiger partial charge in [-0.15, -0.1) is 11.8 Å². The zero-order valence-electron chi connectivity index (χ0n) is 7.91. The Labute approximate surface area is 82.2 Å². The number of carbonyl (C=O) groups is 2. The van der Waals surface area contributed by atoms with Gasteiger partial charge in [-0.3, -0.25) is 9.59 Å². The van der Waals surface area contributed by atoms with Crippen LogP contribution < -0.4 is 0 Å². The average molecular weight is 202 g/mol. The molecule has 0 spiro atoms. The number of ether oxygens (including phenoxy) is 1. The van der Waals surface area contributed by atoms with Crippen molar-refractivity contribution in [2.45, 2.75) is 31.6 Å². The van der Waals surface area contributed by atoms with Crippen molar-refractivity contribution in [3.63, 3.8) is 0 Å². The molecule has 1 saturated heterocycles. The Morgan fingerprint density at radius 2 is 2.23 bits per heavy atom. The fourth-order valence-electron chi connectivity index (χ4n) is 1.22. The summed E-state index contributed by atoms with van der Waals surface area (Å²) in [6.07, 6.45) is 1.20. The molecule has 0 bridgehead atoms. The van der Waals surface area contributed by atoms with Gasteiger partial charge in [0.2, 0.25) is 5.78 Å². The van der Waals surface area contributed by atoms with Crippen LogP contribution in [-0.4, -0.2) is 35.3 Å². The minimum absolute atomic E-state index is 0.213. The number of hydrogen-bond donors (Lipinski definition) is 0. The Kier molecular flexibility index (Phi) is 3.93. The van der Waals surface area contributed by atoms with Gasteiger partial charge in [0.1, 0.15) is 0 Å². The lowest BCUT2D eigenvalue weighted by atomic mass is 10.3. The van der Waals surface area contributed by atoms with Crippen LogP contribution in [0, 0.1) is 0 Å². The summed E-state index contributed by atoms with van der Waals surface area (Å²) >= 11 is 1.53. The van der Waals surface area contributed by atoms with Crippen LogP contribution in [0.3, 0.4) is 0 Å². The van der Waals surface area contributed by atoms with Crippen LogP contribution >= 0.6 is 11.8 Å². The maximum Gasteiger partial charge on any atom is 0.207 e. The summed E-state index contributed by atoms with van der Waals surface area (Å²) in [7, 11) is 0. The maximum atomic E-state index is 11.0. The van der Waals surface area contributed by atoms with Gasteiger partial charge in [-0.25, -0.2) is 0 Å². The fourth-order valence-corrected chi connectivity index (χ4v) is 2.40. The average Bonchev–Trinajstić information content (AvgIpc) is 2.47. The lowest BCUT2D eigenvalue weighted by Crippen LogP contribution is -2.19. The molecule has 3 nitrogen and oxygen atoms in total. The molecule has 0 aliphatic carbocycles. The highest BCUT2D eigenvalue weighted by atomic mass is 32.2. The van der Waals surface area contributed by atoms with Crippen LogP contribution in [0.2, 0.25) is 0 Å². The Balaban J connectivity index is 2.26. The highest BCUT2D eigenvalue weighted by Gasteiger charge is 2.25. The molecule has 1 rings (SSSR count). The van der Waals surface area contributed by atoms with E-state index in [0.29, 0.717) is 11.0 Å². The first-order valence-corrected chi connectivity index (χ1v) is 5.43. The van der Waals surface area contributed by atoms with Crippen LogP contribution in [0.4, 0.5) is 0 Å². The molecule has 13 heavy (non-hydrogen) atoms. The lowest BCUT2D eigenvalue weighted by Gasteiger charge is -2.11. The SMILES string of the molecule is CC(=O)C(=O)CSC1CCOC1C. The van der Waals surface area contributed by atoms with E-state index < -0.39 is 0 Å². The Morgan fingerprint density at radius 1 is 1.54 bits per heavy atom. The Bertz CT molecular complexity index is 215. The fraction of sp³-hybridized carbons (Fsp3) is 0.778. The number of hydrogen-bond acceptors (Lipinski definition) is 4. The standard InChI is InChI=1S/C9H14O3S/c1-6(10)8(11)5-13-9-3-4-12-7(9)2/h7,9H,3-5H2,1-2H3. The summed E-state index contributed by atoms with van der Waals surface area (Å²) in [5.74, 6) is -0.337. The van der Waals surface area contributed by atoms with Crippen LogP contribution in [0.15, 0.2) is 0 Å². The monoisotopic (exact) mass is 202 g/mol. The van der Waals surface area contributed by atoms with E-state index in [-0.39, 0.29) is 17.7 Å². The van der Waals surface area contributed by atoms with Gasteiger partial charge in [0.05, 0.1) is 11.9 Å². The third-order valence-electron chi connectivity index (χ3n) is 2.13. The molecule has 2 unspecified atom stereocenters. The number of rotatable bonds is 4. The van der Waals surface area contributed by atoms with Gasteiger partial charge in [0.15, 0.2) is 5.78 Å². The molecule has 0 saturated carbocycles. The molecule has 0 aromatic rings. The summed E-state index contributed by atoms with van der Waals surface area (Å²) < 4.78 is 5.34. The number of thioether (sulfide) groups is 1. The summed E-state index contributed by atoms with van der Waals surface area (Å²) in [5.41, 5.74) is 0. The molecule has 0 aromatic heterocycles. The van der Waals surface area contributed by atoms with Crippen molar-refractivity contribution in [2.75, 3.05) is 12.4 Å². The largest absolute Gasteiger partial charge is 0.377 e. The molecular weight excluding hydrogens is 188 g/mol. The molecule has 0 aromatic carbocycles. The van der Waals surface area contributed by atoms with Crippen LogP contribution in [0.25, 0.3) is 0 Å². The predicted octanol–water partition coefficient (Wildman–Crippen LogP) is 1.06. The minimum atomic E-state index is -0.348. The third-order valence-corrected chi connectivity index (χ3v) is 3.60. The number of ketones is 2. The van der Waals surface area contributed by atoms with Crippen molar-refractivity contribution in [1.29, 1.82) is 0 Å². The zero-order valence-corrected chi connectivity index (χ0v) is 8.73. The summed E-state index contributed by atoms with van der Waals surface area (Å²) in [6, 6.07) is 0. The highest BCUT2D eigenvalue weighted by Crippen LogP contribution is 2.25. The first-order valence-electron chi connectivity index (χ1n) is 4.38. The molecule has 1 aliphatic rings. The molecule has 1 aliphatic heterocycles. The molecule has 0 N–H and O–H groups in total. The second-order valence-electron chi connectivity index (χ2n) is 3.19. The van der Waals surface area contributed by atoms with Crippen molar-refractivity contribution in [1.82, 2.24) is 0 Å². The number of carbonyl (C=O) groups excluding carboxylic acids is 2. The third kappa shape index (κ3) is 3.12. The first-order chi connectivity index (χ1) is 6.11. The molecule has 74 valence electrons. The van der Waals surface area contributed by atoms with Crippen LogP contribution in [0.1, 0.15) is 20.3 Å². The van der Waals surface area contributed by atoms with E-state index in [4.69, 9.17) is 4.74 Å². The van der Waals surface area contributed by atoms with E-state index in [1.54, 1.807) is 0 Å². The van der Waals surface area contributed by atoms with Crippen molar-refractivity contribution in [3.05, 3.63) is 0 Å². The van der Waals surface area contributed by atoms with Gasteiger partial charge in [-0.05, 0) is 13.3 Å². The normalized spacial score (nSPS) is 27.5. The van der Waals surface area contributed by atoms with E-state index in [1.165, 1.54) is 18.7 Å². The van der Waals surface area contributed by atoms with Gasteiger partial charge in [-0.1, -0.05) is 0 Å². The molecule has 1 heterocycles. The smallest absolute Gasteiger partial charge is 0.207 e. The molecule has 2 atom stereocenters. The maximum absolute atomic E-state index is 11.0. The van der Waals surface area contributed by atoms with Gasteiger partial charge in [0.25, 0.3) is 0 Å². The summed E-state index contributed by atoms with van der Waals surface area (Å²) in [5, 5.41) is 0.378. The van der Waals surface area contributed by atoms with Crippen molar-refractivity contribution < 1.29 is 14.3 Å². The van der Waals surface area contributed by atoms with E-state index in [0.717, 1.165) is 13.0 Å². The van der Waals surface area contributed by atoms with Crippen molar-refractivity contribution in [2.24, 2.45) is 0 Å². The minimum Gasteiger partial charge on any atom is -0.377 e. The van der Waals surface area contributed by atoms with Crippen LogP contribution in [0.5, 0.6) is 0 Å². The topological polar surface area (TPSA) is 43.4 Å². The quantitative estimate of drug-likeness (QED) is 0.639. The van der Waals surface area contributed by atoms with Gasteiger partial charge >= 0.3 is 0 Å². The molecule has 1 fully saturated rings. The van der Waals surface area contributed by atoms with Gasteiger partial charge in [-0.2, -0.15) is 0 Å². The lowest BCUT2D eigenvalue weighted by molar-refractivity contribution is -0.133. The molecular formula is C9H14O3S. The Hall–Kier alpha value is -0.350. The van der Waals surface area contributed by atoms with Gasteiger partial charge in [0, 0.05) is 18.8 Å². The van der Waals surface area contributed by atoms with Gasteiger partial charge < -0.3 is 4.74 Å². The molecule has 0 radical (unpaired) electrons. The molecule has 4 heteroatoms. The van der Waals surface area contributed by atoms with E-state index in [2.05, 4.69) is 0 Å². The highest BCUT2D eigenvalue weighted by molar-refractivity contribution is 8.00. The predicted molar refractivity (Wildman–Crippen MR) is 52.0 cm³/mol. The second kappa shape index (κ2) is 4.77. The van der Waals surface area contributed by atoms with Crippen molar-refractivity contribution in [3.8, 4) is 0 Å². The van der Waals surface area contributed by atoms with E-state index >= 15 is 0 Å². The van der Waals surface area contributed by atoms with E-state index in [9.17, 15) is 9.59 Å². The molecule has 0 amide bonds. The van der Waals surface area contributed by atoms with E-state index in [1.807, 2.05) is 6.92 Å². The Morgan fingerprint density at radius 3 is 2.69 bits per heavy atom. The first kappa shape index (κ1) is 10.7. The summed E-state index contributed by atoms with van der Waals surface area (Å²) in [6.45, 7) is 4.09.